The summed E-state index contributed by atoms with van der Waals surface area (Å²) < 4.78 is 0. The van der Waals surface area contributed by atoms with E-state index >= 15 is 0 Å². The van der Waals surface area contributed by atoms with Gasteiger partial charge in [0, 0.05) is 30.1 Å². The number of nitrogens with one attached hydrogen (secondary N) is 1. The normalized spacial score (nSPS) is 14.0. The molecule has 0 fully saturated rings. The van der Waals surface area contributed by atoms with Crippen molar-refractivity contribution in [2.45, 2.75) is 18.7 Å². The third-order valence-electron chi connectivity index (χ3n) is 3.75. The van der Waals surface area contributed by atoms with Gasteiger partial charge in [-0.15, -0.1) is 23.1 Å². The minimum absolute atomic E-state index is 0.0203. The topological polar surface area (TPSA) is 69.0 Å². The molecular formula is C17H18N4OS2. The van der Waals surface area contributed by atoms with Crippen molar-refractivity contribution in [3.05, 3.63) is 46.0 Å². The van der Waals surface area contributed by atoms with Crippen molar-refractivity contribution in [1.29, 1.82) is 5.26 Å². The van der Waals surface area contributed by atoms with E-state index in [1.54, 1.807) is 35.2 Å². The van der Waals surface area contributed by atoms with Crippen LogP contribution in [0.2, 0.25) is 0 Å². The van der Waals surface area contributed by atoms with Crippen LogP contribution in [0.3, 0.4) is 0 Å². The summed E-state index contributed by atoms with van der Waals surface area (Å²) in [5, 5.41) is 12.4. The highest BCUT2D eigenvalue weighted by atomic mass is 32.2. The number of nitrogens with zero attached hydrogens (tertiary/aromatic N) is 3. The maximum absolute atomic E-state index is 12.1. The average molecular weight is 358 g/mol. The molecule has 0 bridgehead atoms. The van der Waals surface area contributed by atoms with Crippen LogP contribution in [-0.2, 0) is 23.5 Å². The van der Waals surface area contributed by atoms with E-state index in [1.165, 1.54) is 4.88 Å². The van der Waals surface area contributed by atoms with E-state index < -0.39 is 0 Å². The first-order chi connectivity index (χ1) is 11.6. The highest BCUT2D eigenvalue weighted by Gasteiger charge is 2.19. The third kappa shape index (κ3) is 4.35. The molecule has 1 amide bonds. The number of carbonyl (C=O) groups excluding carboxylic acids is 1. The van der Waals surface area contributed by atoms with Crippen LogP contribution < -0.4 is 5.32 Å². The first-order valence-corrected chi connectivity index (χ1v) is 9.65. The summed E-state index contributed by atoms with van der Waals surface area (Å²) in [5.41, 5.74) is 2.89. The highest BCUT2D eigenvalue weighted by molar-refractivity contribution is 7.99. The Hall–Kier alpha value is -1.88. The van der Waals surface area contributed by atoms with Crippen molar-refractivity contribution in [3.8, 4) is 6.07 Å². The number of benzene rings is 1. The Morgan fingerprint density at radius 3 is 3.00 bits per heavy atom. The van der Waals surface area contributed by atoms with E-state index in [2.05, 4.69) is 28.3 Å². The van der Waals surface area contributed by atoms with Crippen LogP contribution in [0.5, 0.6) is 0 Å². The number of hydrogen-bond donors (Lipinski definition) is 1. The van der Waals surface area contributed by atoms with Crippen LogP contribution in [-0.4, -0.2) is 35.1 Å². The van der Waals surface area contributed by atoms with Gasteiger partial charge in [-0.25, -0.2) is 4.98 Å². The number of anilines is 1. The number of rotatable bonds is 5. The van der Waals surface area contributed by atoms with Crippen LogP contribution >= 0.6 is 23.1 Å². The Balaban J connectivity index is 1.46. The standard InChI is InChI=1S/C17H18N4OS2/c1-21-7-6-14-15(9-21)24-17(19-14)20-16(22)11-23-10-13-4-2-12(8-18)3-5-13/h2-5H,6-7,9-11H2,1H3,(H,19,20,22). The predicted octanol–water partition coefficient (Wildman–Crippen LogP) is 2.87. The summed E-state index contributed by atoms with van der Waals surface area (Å²) in [4.78, 5) is 20.1. The lowest BCUT2D eigenvalue weighted by Crippen LogP contribution is -2.25. The molecule has 1 aliphatic heterocycles. The Kier molecular flexibility index (Phi) is 5.51. The first-order valence-electron chi connectivity index (χ1n) is 7.68. The number of nitriles is 1. The molecule has 5 nitrogen and oxygen atoms in total. The number of thioether (sulfide) groups is 1. The smallest absolute Gasteiger partial charge is 0.236 e. The van der Waals surface area contributed by atoms with Gasteiger partial charge in [-0.1, -0.05) is 12.1 Å². The predicted molar refractivity (Wildman–Crippen MR) is 98.1 cm³/mol. The molecule has 3 rings (SSSR count). The zero-order chi connectivity index (χ0) is 16.9. The molecule has 0 aliphatic carbocycles. The van der Waals surface area contributed by atoms with Crippen molar-refractivity contribution in [1.82, 2.24) is 9.88 Å². The maximum Gasteiger partial charge on any atom is 0.236 e. The Labute approximate surface area is 149 Å². The van der Waals surface area contributed by atoms with Crippen LogP contribution in [0.4, 0.5) is 5.13 Å². The van der Waals surface area contributed by atoms with E-state index in [0.29, 0.717) is 16.4 Å². The molecule has 24 heavy (non-hydrogen) atoms. The molecular weight excluding hydrogens is 340 g/mol. The fraction of sp³-hybridized carbons (Fsp3) is 0.353. The molecule has 7 heteroatoms. The third-order valence-corrected chi connectivity index (χ3v) is 5.75. The molecule has 0 saturated heterocycles. The average Bonchev–Trinajstić information content (AvgIpc) is 2.96. The Bertz CT molecular complexity index is 764. The van der Waals surface area contributed by atoms with Crippen molar-refractivity contribution in [2.75, 3.05) is 24.7 Å². The number of carbonyl (C=O) groups is 1. The Morgan fingerprint density at radius 2 is 2.25 bits per heavy atom. The molecule has 1 aromatic carbocycles. The molecule has 0 unspecified atom stereocenters. The lowest BCUT2D eigenvalue weighted by atomic mass is 10.2. The molecule has 0 spiro atoms. The summed E-state index contributed by atoms with van der Waals surface area (Å²) >= 11 is 3.13. The maximum atomic E-state index is 12.1. The van der Waals surface area contributed by atoms with Crippen molar-refractivity contribution < 1.29 is 4.79 Å². The lowest BCUT2D eigenvalue weighted by Gasteiger charge is -2.20. The number of thiazole rings is 1. The number of likely N-dealkylation sites (N-methyl/N-ethyl adjacent to an activating group) is 1. The second-order valence-corrected chi connectivity index (χ2v) is 7.80. The molecule has 1 aliphatic rings. The van der Waals surface area contributed by atoms with Gasteiger partial charge in [0.15, 0.2) is 5.13 Å². The number of amides is 1. The molecule has 124 valence electrons. The molecule has 0 atom stereocenters. The van der Waals surface area contributed by atoms with Crippen molar-refractivity contribution >= 4 is 34.1 Å². The van der Waals surface area contributed by atoms with Gasteiger partial charge in [-0.2, -0.15) is 5.26 Å². The summed E-state index contributed by atoms with van der Waals surface area (Å²) in [7, 11) is 2.10. The van der Waals surface area contributed by atoms with Gasteiger partial charge < -0.3 is 10.2 Å². The van der Waals surface area contributed by atoms with E-state index in [-0.39, 0.29) is 5.91 Å². The molecule has 2 heterocycles. The number of hydrogen-bond acceptors (Lipinski definition) is 6. The second kappa shape index (κ2) is 7.79. The first kappa shape index (κ1) is 17.0. The van der Waals surface area contributed by atoms with Crippen LogP contribution in [0, 0.1) is 11.3 Å². The Morgan fingerprint density at radius 1 is 1.46 bits per heavy atom. The highest BCUT2D eigenvalue weighted by Crippen LogP contribution is 2.27. The largest absolute Gasteiger partial charge is 0.301 e. The zero-order valence-corrected chi connectivity index (χ0v) is 15.0. The van der Waals surface area contributed by atoms with Gasteiger partial charge in [-0.05, 0) is 24.7 Å². The summed E-state index contributed by atoms with van der Waals surface area (Å²) in [5.74, 6) is 1.12. The van der Waals surface area contributed by atoms with Crippen LogP contribution in [0.1, 0.15) is 21.7 Å². The summed E-state index contributed by atoms with van der Waals surface area (Å²) in [6.07, 6.45) is 0.950. The zero-order valence-electron chi connectivity index (χ0n) is 13.4. The quantitative estimate of drug-likeness (QED) is 0.890. The van der Waals surface area contributed by atoms with Gasteiger partial charge in [0.25, 0.3) is 0 Å². The monoisotopic (exact) mass is 358 g/mol. The minimum Gasteiger partial charge on any atom is -0.301 e. The number of fused-ring (bicyclic) bond motifs is 1. The van der Waals surface area contributed by atoms with E-state index in [9.17, 15) is 4.79 Å². The van der Waals surface area contributed by atoms with Gasteiger partial charge in [0.05, 0.1) is 23.1 Å². The fourth-order valence-electron chi connectivity index (χ4n) is 2.47. The molecule has 1 N–H and O–H groups in total. The van der Waals surface area contributed by atoms with E-state index in [1.807, 2.05) is 12.1 Å². The molecule has 2 aromatic rings. The van der Waals surface area contributed by atoms with Gasteiger partial charge >= 0.3 is 0 Å². The summed E-state index contributed by atoms with van der Waals surface area (Å²) in [6.45, 7) is 1.93. The van der Waals surface area contributed by atoms with Crippen molar-refractivity contribution in [3.63, 3.8) is 0 Å². The SMILES string of the molecule is CN1CCc2nc(NC(=O)CSCc3ccc(C#N)cc3)sc2C1. The van der Waals surface area contributed by atoms with Gasteiger partial charge in [0.2, 0.25) is 5.91 Å². The lowest BCUT2D eigenvalue weighted by molar-refractivity contribution is -0.113. The van der Waals surface area contributed by atoms with Crippen LogP contribution in [0.25, 0.3) is 0 Å². The van der Waals surface area contributed by atoms with Gasteiger partial charge in [-0.3, -0.25) is 4.79 Å². The van der Waals surface area contributed by atoms with Crippen LogP contribution in [0.15, 0.2) is 24.3 Å². The molecule has 0 saturated carbocycles. The van der Waals surface area contributed by atoms with Crippen molar-refractivity contribution in [2.24, 2.45) is 0 Å². The summed E-state index contributed by atoms with van der Waals surface area (Å²) in [6, 6.07) is 9.55. The second-order valence-electron chi connectivity index (χ2n) is 5.73. The fourth-order valence-corrected chi connectivity index (χ4v) is 4.36. The van der Waals surface area contributed by atoms with E-state index in [0.717, 1.165) is 36.5 Å². The van der Waals surface area contributed by atoms with E-state index in [4.69, 9.17) is 5.26 Å². The minimum atomic E-state index is -0.0203. The number of aromatic nitrogens is 1. The molecule has 1 aromatic heterocycles. The molecule has 0 radical (unpaired) electrons. The van der Waals surface area contributed by atoms with Gasteiger partial charge in [0.1, 0.15) is 0 Å².